The Kier molecular flexibility index (Phi) is 5.86. The largest absolute Gasteiger partial charge is 0.467 e. The number of nitrogens with zero attached hydrogens (tertiary/aromatic N) is 2. The number of carbonyl (C=O) groups is 1. The fraction of sp³-hybridized carbons (Fsp3) is 0.286. The zero-order valence-electron chi connectivity index (χ0n) is 15.9. The summed E-state index contributed by atoms with van der Waals surface area (Å²) in [7, 11) is 0. The average molecular weight is 364 g/mol. The molecule has 0 unspecified atom stereocenters. The molecule has 0 aliphatic rings. The van der Waals surface area contributed by atoms with Gasteiger partial charge < -0.3 is 15.1 Å². The molecule has 0 saturated heterocycles. The van der Waals surface area contributed by atoms with Gasteiger partial charge in [-0.15, -0.1) is 0 Å². The number of hydrogen-bond donors (Lipinski definition) is 2. The van der Waals surface area contributed by atoms with Crippen molar-refractivity contribution in [2.75, 3.05) is 5.32 Å². The summed E-state index contributed by atoms with van der Waals surface area (Å²) in [5.41, 5.74) is 3.81. The van der Waals surface area contributed by atoms with Crippen molar-refractivity contribution in [2.45, 2.75) is 40.2 Å². The van der Waals surface area contributed by atoms with Gasteiger partial charge in [-0.1, -0.05) is 32.0 Å². The molecule has 0 saturated carbocycles. The fourth-order valence-corrected chi connectivity index (χ4v) is 2.95. The maximum atomic E-state index is 12.5. The summed E-state index contributed by atoms with van der Waals surface area (Å²) < 4.78 is 5.24. The van der Waals surface area contributed by atoms with E-state index in [-0.39, 0.29) is 5.91 Å². The molecule has 2 aromatic heterocycles. The number of para-hydroxylation sites is 1. The summed E-state index contributed by atoms with van der Waals surface area (Å²) in [6.07, 6.45) is 3.41. The maximum Gasteiger partial charge on any atom is 0.270 e. The number of nitrogens with one attached hydrogen (secondary N) is 2. The Morgan fingerprint density at radius 2 is 1.81 bits per heavy atom. The van der Waals surface area contributed by atoms with Gasteiger partial charge >= 0.3 is 0 Å². The van der Waals surface area contributed by atoms with E-state index in [9.17, 15) is 4.79 Å². The van der Waals surface area contributed by atoms with E-state index in [4.69, 9.17) is 4.42 Å². The predicted molar refractivity (Wildman–Crippen MR) is 105 cm³/mol. The molecule has 3 rings (SSSR count). The second-order valence-electron chi connectivity index (χ2n) is 6.23. The number of furan rings is 1. The number of aromatic nitrogens is 2. The van der Waals surface area contributed by atoms with Crippen molar-refractivity contribution >= 4 is 17.4 Å². The topological polar surface area (TPSA) is 80.0 Å². The molecule has 0 spiro atoms. The van der Waals surface area contributed by atoms with Crippen molar-refractivity contribution in [3.63, 3.8) is 0 Å². The number of amides is 1. The third-order valence-electron chi connectivity index (χ3n) is 4.33. The molecular weight excluding hydrogens is 340 g/mol. The first-order chi connectivity index (χ1) is 13.1. The predicted octanol–water partition coefficient (Wildman–Crippen LogP) is 4.18. The SMILES string of the molecule is CCc1cccc(CC)c1Nc1cc(C(=O)NCc2ccco2)nc(C)n1. The number of carbonyl (C=O) groups excluding carboxylic acids is 1. The van der Waals surface area contributed by atoms with E-state index in [2.05, 4.69) is 52.6 Å². The van der Waals surface area contributed by atoms with Crippen molar-refractivity contribution in [1.29, 1.82) is 0 Å². The third-order valence-corrected chi connectivity index (χ3v) is 4.33. The Hall–Kier alpha value is -3.15. The van der Waals surface area contributed by atoms with Crippen LogP contribution >= 0.6 is 0 Å². The molecule has 1 amide bonds. The molecule has 0 aliphatic heterocycles. The molecule has 1 aromatic carbocycles. The highest BCUT2D eigenvalue weighted by Crippen LogP contribution is 2.26. The molecule has 0 radical (unpaired) electrons. The van der Waals surface area contributed by atoms with Crippen LogP contribution in [0.2, 0.25) is 0 Å². The van der Waals surface area contributed by atoms with Gasteiger partial charge in [0.2, 0.25) is 0 Å². The van der Waals surface area contributed by atoms with Crippen LogP contribution in [0.4, 0.5) is 11.5 Å². The highest BCUT2D eigenvalue weighted by molar-refractivity contribution is 5.93. The number of benzene rings is 1. The fourth-order valence-electron chi connectivity index (χ4n) is 2.95. The Bertz CT molecular complexity index is 898. The van der Waals surface area contributed by atoms with Crippen LogP contribution in [0.25, 0.3) is 0 Å². The minimum Gasteiger partial charge on any atom is -0.467 e. The smallest absolute Gasteiger partial charge is 0.270 e. The van der Waals surface area contributed by atoms with Crippen LogP contribution in [0.3, 0.4) is 0 Å². The lowest BCUT2D eigenvalue weighted by molar-refractivity contribution is 0.0942. The molecule has 3 aromatic rings. The zero-order chi connectivity index (χ0) is 19.2. The first-order valence-electron chi connectivity index (χ1n) is 9.14. The van der Waals surface area contributed by atoms with Gasteiger partial charge in [-0.25, -0.2) is 9.97 Å². The van der Waals surface area contributed by atoms with Crippen molar-refractivity contribution in [3.05, 3.63) is 71.1 Å². The van der Waals surface area contributed by atoms with Crippen molar-refractivity contribution < 1.29 is 9.21 Å². The summed E-state index contributed by atoms with van der Waals surface area (Å²) in [5, 5.41) is 6.21. The van der Waals surface area contributed by atoms with Crippen LogP contribution in [0.5, 0.6) is 0 Å². The van der Waals surface area contributed by atoms with Gasteiger partial charge in [0.05, 0.1) is 12.8 Å². The Labute approximate surface area is 159 Å². The lowest BCUT2D eigenvalue weighted by Gasteiger charge is -2.15. The van der Waals surface area contributed by atoms with E-state index in [1.807, 2.05) is 6.07 Å². The number of rotatable bonds is 7. The van der Waals surface area contributed by atoms with Gasteiger partial charge in [-0.2, -0.15) is 0 Å². The van der Waals surface area contributed by atoms with Crippen LogP contribution in [-0.4, -0.2) is 15.9 Å². The van der Waals surface area contributed by atoms with E-state index in [0.717, 1.165) is 18.5 Å². The highest BCUT2D eigenvalue weighted by Gasteiger charge is 2.13. The number of anilines is 2. The first-order valence-corrected chi connectivity index (χ1v) is 9.14. The van der Waals surface area contributed by atoms with Crippen molar-refractivity contribution in [2.24, 2.45) is 0 Å². The van der Waals surface area contributed by atoms with Crippen LogP contribution in [0, 0.1) is 6.92 Å². The third kappa shape index (κ3) is 4.53. The van der Waals surface area contributed by atoms with E-state index in [1.165, 1.54) is 11.1 Å². The normalized spacial score (nSPS) is 10.6. The quantitative estimate of drug-likeness (QED) is 0.657. The summed E-state index contributed by atoms with van der Waals surface area (Å²) in [4.78, 5) is 21.2. The first kappa shape index (κ1) is 18.6. The minimum atomic E-state index is -0.264. The lowest BCUT2D eigenvalue weighted by atomic mass is 10.0. The van der Waals surface area contributed by atoms with Crippen LogP contribution in [0.1, 0.15) is 47.0 Å². The molecule has 2 N–H and O–H groups in total. The lowest BCUT2D eigenvalue weighted by Crippen LogP contribution is -2.24. The summed E-state index contributed by atoms with van der Waals surface area (Å²) in [6.45, 7) is 6.34. The van der Waals surface area contributed by atoms with Gasteiger partial charge in [0, 0.05) is 11.8 Å². The molecule has 6 heteroatoms. The second-order valence-corrected chi connectivity index (χ2v) is 6.23. The van der Waals surface area contributed by atoms with Crippen LogP contribution in [0.15, 0.2) is 47.1 Å². The monoisotopic (exact) mass is 364 g/mol. The van der Waals surface area contributed by atoms with Gasteiger partial charge in [-0.3, -0.25) is 4.79 Å². The summed E-state index contributed by atoms with van der Waals surface area (Å²) in [5.74, 6) is 1.58. The average Bonchev–Trinajstić information content (AvgIpc) is 3.19. The van der Waals surface area contributed by atoms with E-state index < -0.39 is 0 Å². The summed E-state index contributed by atoms with van der Waals surface area (Å²) in [6, 6.07) is 11.6. The van der Waals surface area contributed by atoms with Crippen molar-refractivity contribution in [3.8, 4) is 0 Å². The Balaban J connectivity index is 1.82. The van der Waals surface area contributed by atoms with Crippen LogP contribution in [-0.2, 0) is 19.4 Å². The standard InChI is InChI=1S/C21H24N4O2/c1-4-15-8-6-9-16(5-2)20(15)25-19-12-18(23-14(3)24-19)21(26)22-13-17-10-7-11-27-17/h6-12H,4-5,13H2,1-3H3,(H,22,26)(H,23,24,25). The van der Waals surface area contributed by atoms with Gasteiger partial charge in [0.15, 0.2) is 0 Å². The molecule has 6 nitrogen and oxygen atoms in total. The second kappa shape index (κ2) is 8.49. The Morgan fingerprint density at radius 3 is 2.44 bits per heavy atom. The Morgan fingerprint density at radius 1 is 1.07 bits per heavy atom. The molecular formula is C21H24N4O2. The maximum absolute atomic E-state index is 12.5. The molecule has 0 aliphatic carbocycles. The molecule has 27 heavy (non-hydrogen) atoms. The molecule has 0 fully saturated rings. The van der Waals surface area contributed by atoms with Crippen molar-refractivity contribution in [1.82, 2.24) is 15.3 Å². The van der Waals surface area contributed by atoms with E-state index >= 15 is 0 Å². The number of aryl methyl sites for hydroxylation is 3. The van der Waals surface area contributed by atoms with E-state index in [1.54, 1.807) is 25.3 Å². The van der Waals surface area contributed by atoms with E-state index in [0.29, 0.717) is 29.6 Å². The zero-order valence-corrected chi connectivity index (χ0v) is 15.9. The number of hydrogen-bond acceptors (Lipinski definition) is 5. The highest BCUT2D eigenvalue weighted by atomic mass is 16.3. The minimum absolute atomic E-state index is 0.264. The summed E-state index contributed by atoms with van der Waals surface area (Å²) >= 11 is 0. The van der Waals surface area contributed by atoms with Gasteiger partial charge in [0.25, 0.3) is 5.91 Å². The van der Waals surface area contributed by atoms with Gasteiger partial charge in [0.1, 0.15) is 23.1 Å². The molecule has 0 atom stereocenters. The van der Waals surface area contributed by atoms with Gasteiger partial charge in [-0.05, 0) is 43.0 Å². The molecule has 2 heterocycles. The van der Waals surface area contributed by atoms with Crippen LogP contribution < -0.4 is 10.6 Å². The molecule has 140 valence electrons. The molecule has 0 bridgehead atoms.